The molecule has 2 atom stereocenters. The molecule has 0 radical (unpaired) electrons. The zero-order valence-electron chi connectivity index (χ0n) is 16.3. The van der Waals surface area contributed by atoms with Crippen LogP contribution in [0.2, 0.25) is 0 Å². The Morgan fingerprint density at radius 2 is 2.25 bits per heavy atom. The van der Waals surface area contributed by atoms with E-state index in [9.17, 15) is 14.4 Å². The van der Waals surface area contributed by atoms with Gasteiger partial charge in [-0.25, -0.2) is 9.59 Å². The van der Waals surface area contributed by atoms with Gasteiger partial charge in [-0.15, -0.1) is 11.3 Å². The third kappa shape index (κ3) is 4.17. The van der Waals surface area contributed by atoms with Crippen LogP contribution in [0.4, 0.5) is 5.00 Å². The Balaban J connectivity index is 1.83. The molecule has 2 aromatic heterocycles. The summed E-state index contributed by atoms with van der Waals surface area (Å²) >= 11 is 2.54. The molecule has 28 heavy (non-hydrogen) atoms. The summed E-state index contributed by atoms with van der Waals surface area (Å²) in [5.41, 5.74) is 0.945. The zero-order chi connectivity index (χ0) is 20.4. The van der Waals surface area contributed by atoms with E-state index >= 15 is 0 Å². The largest absolute Gasteiger partial charge is 0.462 e. The lowest BCUT2D eigenvalue weighted by Crippen LogP contribution is -2.35. The summed E-state index contributed by atoms with van der Waals surface area (Å²) in [5.74, 6) is -0.141. The number of thioether (sulfide) groups is 1. The molecular weight excluding hydrogens is 402 g/mol. The molecule has 0 fully saturated rings. The number of aromatic amines is 1. The van der Waals surface area contributed by atoms with Crippen LogP contribution < -0.4 is 15.6 Å². The highest BCUT2D eigenvalue weighted by atomic mass is 32.2. The van der Waals surface area contributed by atoms with Crippen molar-refractivity contribution < 1.29 is 23.5 Å². The number of hydrogen-bond acceptors (Lipinski definition) is 7. The minimum Gasteiger partial charge on any atom is -0.462 e. The van der Waals surface area contributed by atoms with Crippen LogP contribution in [0.15, 0.2) is 14.3 Å². The molecule has 1 amide bonds. The smallest absolute Gasteiger partial charge is 0.441 e. The van der Waals surface area contributed by atoms with Gasteiger partial charge in [0, 0.05) is 4.88 Å². The summed E-state index contributed by atoms with van der Waals surface area (Å²) in [6.45, 7) is 5.93. The van der Waals surface area contributed by atoms with Crippen LogP contribution in [0.3, 0.4) is 0 Å². The Hall–Kier alpha value is -2.07. The first-order valence-electron chi connectivity index (χ1n) is 9.18. The summed E-state index contributed by atoms with van der Waals surface area (Å²) in [6, 6.07) is 0. The summed E-state index contributed by atoms with van der Waals surface area (Å²) in [4.78, 5) is 38.1. The van der Waals surface area contributed by atoms with Gasteiger partial charge < -0.3 is 10.1 Å². The van der Waals surface area contributed by atoms with Gasteiger partial charge in [-0.3, -0.25) is 9.32 Å². The lowest BCUT2D eigenvalue weighted by atomic mass is 9.88. The number of fused-ring (bicyclic) bond motifs is 1. The van der Waals surface area contributed by atoms with Crippen LogP contribution in [-0.4, -0.2) is 29.0 Å². The average molecular weight is 427 g/mol. The third-order valence-corrected chi connectivity index (χ3v) is 7.04. The summed E-state index contributed by atoms with van der Waals surface area (Å²) in [6.07, 6.45) is 2.71. The number of ether oxygens (including phenoxy) is 1. The molecule has 3 rings (SSSR count). The van der Waals surface area contributed by atoms with Gasteiger partial charge in [0.25, 0.3) is 0 Å². The molecule has 2 unspecified atom stereocenters. The minimum atomic E-state index is -0.557. The van der Waals surface area contributed by atoms with Crippen LogP contribution in [-0.2, 0) is 29.4 Å². The second-order valence-corrected chi connectivity index (χ2v) is 9.31. The van der Waals surface area contributed by atoms with E-state index in [0.717, 1.165) is 41.5 Å². The fraction of sp³-hybridized carbons (Fsp3) is 0.556. The molecule has 152 valence electrons. The maximum atomic E-state index is 12.7. The maximum absolute atomic E-state index is 12.7. The lowest BCUT2D eigenvalue weighted by molar-refractivity contribution is -0.772. The number of nitrogens with one attached hydrogen (secondary N) is 2. The van der Waals surface area contributed by atoms with Gasteiger partial charge in [-0.05, 0) is 61.6 Å². The van der Waals surface area contributed by atoms with Crippen molar-refractivity contribution in [2.45, 2.75) is 50.3 Å². The van der Waals surface area contributed by atoms with Gasteiger partial charge in [-0.1, -0.05) is 11.6 Å². The van der Waals surface area contributed by atoms with E-state index in [4.69, 9.17) is 9.26 Å². The van der Waals surface area contributed by atoms with E-state index in [1.807, 2.05) is 0 Å². The number of aromatic nitrogens is 2. The number of esters is 1. The van der Waals surface area contributed by atoms with E-state index in [2.05, 4.69) is 17.5 Å². The number of thiophene rings is 1. The summed E-state index contributed by atoms with van der Waals surface area (Å²) in [5, 5.41) is 5.57. The third-order valence-electron chi connectivity index (χ3n) is 4.64. The fourth-order valence-corrected chi connectivity index (χ4v) is 5.39. The molecule has 2 aromatic rings. The molecule has 0 bridgehead atoms. The normalized spacial score (nSPS) is 17.1. The molecule has 1 aliphatic carbocycles. The van der Waals surface area contributed by atoms with Crippen molar-refractivity contribution in [3.05, 3.63) is 26.4 Å². The van der Waals surface area contributed by atoms with Crippen molar-refractivity contribution in [1.29, 1.82) is 0 Å². The van der Waals surface area contributed by atoms with Crippen molar-refractivity contribution in [2.75, 3.05) is 11.9 Å². The Morgan fingerprint density at radius 1 is 1.50 bits per heavy atom. The molecule has 0 aromatic carbocycles. The van der Waals surface area contributed by atoms with E-state index in [1.165, 1.54) is 16.0 Å². The van der Waals surface area contributed by atoms with Crippen LogP contribution >= 0.6 is 23.1 Å². The Bertz CT molecular complexity index is 946. The quantitative estimate of drug-likeness (QED) is 0.417. The predicted octanol–water partition coefficient (Wildman–Crippen LogP) is 2.27. The second-order valence-electron chi connectivity index (χ2n) is 6.87. The number of carbonyl (C=O) groups excluding carboxylic acids is 2. The summed E-state index contributed by atoms with van der Waals surface area (Å²) < 4.78 is 11.4. The Kier molecular flexibility index (Phi) is 6.29. The first-order valence-corrected chi connectivity index (χ1v) is 10.9. The molecule has 2 heterocycles. The van der Waals surface area contributed by atoms with Crippen molar-refractivity contribution in [3.8, 4) is 0 Å². The van der Waals surface area contributed by atoms with Crippen LogP contribution in [0.25, 0.3) is 0 Å². The molecule has 10 heteroatoms. The van der Waals surface area contributed by atoms with Crippen LogP contribution in [0, 0.1) is 5.92 Å². The van der Waals surface area contributed by atoms with E-state index < -0.39 is 16.8 Å². The van der Waals surface area contributed by atoms with E-state index in [-0.39, 0.29) is 12.5 Å². The topological polar surface area (TPSA) is 105 Å². The molecule has 8 nitrogen and oxygen atoms in total. The highest BCUT2D eigenvalue weighted by Crippen LogP contribution is 2.40. The number of aryl methyl sites for hydroxylation is 1. The number of anilines is 1. The standard InChI is InChI=1S/C18H23N3O5S2/c1-5-25-17(23)13-11-7-6-9(2)8-12(11)28-15(13)19-14(22)10(3)27-16-18(24)26-20-21(16)4/h9-10H,5-8H2,1-4H3,(H-,19,20,22,23,24)/p+1. The molecular formula is C18H24N3O5S2+. The van der Waals surface area contributed by atoms with Gasteiger partial charge in [0.15, 0.2) is 7.05 Å². The van der Waals surface area contributed by atoms with Crippen molar-refractivity contribution in [2.24, 2.45) is 13.0 Å². The number of hydrogen-bond donors (Lipinski definition) is 2. The van der Waals surface area contributed by atoms with Crippen molar-refractivity contribution in [1.82, 2.24) is 5.27 Å². The monoisotopic (exact) mass is 426 g/mol. The van der Waals surface area contributed by atoms with E-state index in [1.54, 1.807) is 20.9 Å². The van der Waals surface area contributed by atoms with Gasteiger partial charge in [0.2, 0.25) is 5.91 Å². The SMILES string of the molecule is CCOC(=O)c1c(NC(=O)C(C)Sc2c(=O)o[nH][n+]2C)sc2c1CCC(C)C2. The van der Waals surface area contributed by atoms with Gasteiger partial charge in [0.1, 0.15) is 5.00 Å². The number of H-pyrrole nitrogens is 1. The van der Waals surface area contributed by atoms with Crippen LogP contribution in [0.5, 0.6) is 0 Å². The van der Waals surface area contributed by atoms with E-state index in [0.29, 0.717) is 21.5 Å². The Morgan fingerprint density at radius 3 is 2.89 bits per heavy atom. The molecule has 0 spiro atoms. The minimum absolute atomic E-state index is 0.277. The number of nitrogens with zero attached hydrogens (tertiary/aromatic N) is 1. The lowest BCUT2D eigenvalue weighted by Gasteiger charge is -2.18. The summed E-state index contributed by atoms with van der Waals surface area (Å²) in [7, 11) is 1.63. The average Bonchev–Trinajstić information content (AvgIpc) is 3.15. The number of carbonyl (C=O) groups is 2. The molecule has 0 aliphatic heterocycles. The molecule has 2 N–H and O–H groups in total. The molecule has 1 aliphatic rings. The van der Waals surface area contributed by atoms with Gasteiger partial charge in [0.05, 0.1) is 17.4 Å². The first-order chi connectivity index (χ1) is 13.3. The van der Waals surface area contributed by atoms with Crippen LogP contribution in [0.1, 0.15) is 48.0 Å². The maximum Gasteiger partial charge on any atom is 0.441 e. The highest BCUT2D eigenvalue weighted by molar-refractivity contribution is 8.00. The van der Waals surface area contributed by atoms with Gasteiger partial charge >= 0.3 is 16.6 Å². The zero-order valence-corrected chi connectivity index (χ0v) is 17.9. The molecule has 0 saturated heterocycles. The number of rotatable bonds is 6. The van der Waals surface area contributed by atoms with Gasteiger partial charge in [-0.2, -0.15) is 0 Å². The van der Waals surface area contributed by atoms with Crippen molar-refractivity contribution >= 4 is 40.0 Å². The number of amides is 1. The predicted molar refractivity (Wildman–Crippen MR) is 106 cm³/mol. The van der Waals surface area contributed by atoms with Crippen molar-refractivity contribution in [3.63, 3.8) is 0 Å². The Labute approximate surface area is 170 Å². The fourth-order valence-electron chi connectivity index (χ4n) is 3.15. The molecule has 0 saturated carbocycles. The second kappa shape index (κ2) is 8.52. The first kappa shape index (κ1) is 20.7. The highest BCUT2D eigenvalue weighted by Gasteiger charge is 2.31.